The second kappa shape index (κ2) is 3.70. The van der Waals surface area contributed by atoms with E-state index in [4.69, 9.17) is 5.73 Å². The highest BCUT2D eigenvalue weighted by atomic mass is 16.1. The number of rotatable bonds is 2. The van der Waals surface area contributed by atoms with Gasteiger partial charge in [-0.3, -0.25) is 4.79 Å². The summed E-state index contributed by atoms with van der Waals surface area (Å²) in [7, 11) is 1.85. The highest BCUT2D eigenvalue weighted by molar-refractivity contribution is 5.21. The summed E-state index contributed by atoms with van der Waals surface area (Å²) in [4.78, 5) is 18.5. The molecule has 5 nitrogen and oxygen atoms in total. The molecule has 78 valence electrons. The van der Waals surface area contributed by atoms with Crippen LogP contribution in [0.1, 0.15) is 17.4 Å². The number of aryl methyl sites for hydroxylation is 1. The molecule has 0 radical (unpaired) electrons. The summed E-state index contributed by atoms with van der Waals surface area (Å²) in [6, 6.07) is 0.966. The maximum atomic E-state index is 11.5. The van der Waals surface area contributed by atoms with E-state index in [1.807, 2.05) is 7.05 Å². The SMILES string of the molecule is Cn1ccnc1C(N)c1c[nH]ccc1=O. The largest absolute Gasteiger partial charge is 0.367 e. The number of pyridine rings is 1. The number of aromatic amines is 1. The molecule has 0 spiro atoms. The average Bonchev–Trinajstić information content (AvgIpc) is 2.64. The highest BCUT2D eigenvalue weighted by Gasteiger charge is 2.15. The van der Waals surface area contributed by atoms with Crippen LogP contribution in [0, 0.1) is 0 Å². The number of imidazole rings is 1. The Morgan fingerprint density at radius 3 is 3.00 bits per heavy atom. The lowest BCUT2D eigenvalue weighted by molar-refractivity contribution is 0.710. The number of hydrogen-bond donors (Lipinski definition) is 2. The van der Waals surface area contributed by atoms with Gasteiger partial charge >= 0.3 is 0 Å². The molecule has 0 aromatic carbocycles. The third-order valence-corrected chi connectivity index (χ3v) is 2.33. The molecule has 0 aliphatic heterocycles. The molecule has 0 amide bonds. The van der Waals surface area contributed by atoms with Crippen molar-refractivity contribution < 1.29 is 0 Å². The summed E-state index contributed by atoms with van der Waals surface area (Å²) in [6.45, 7) is 0. The summed E-state index contributed by atoms with van der Waals surface area (Å²) in [6.07, 6.45) is 6.65. The third-order valence-electron chi connectivity index (χ3n) is 2.33. The van der Waals surface area contributed by atoms with Crippen molar-refractivity contribution in [2.75, 3.05) is 0 Å². The van der Waals surface area contributed by atoms with Crippen molar-refractivity contribution in [3.8, 4) is 0 Å². The van der Waals surface area contributed by atoms with Gasteiger partial charge in [0.15, 0.2) is 5.43 Å². The maximum absolute atomic E-state index is 11.5. The molecule has 0 saturated carbocycles. The van der Waals surface area contributed by atoms with Gasteiger partial charge in [0, 0.05) is 43.5 Å². The lowest BCUT2D eigenvalue weighted by Gasteiger charge is -2.10. The van der Waals surface area contributed by atoms with Gasteiger partial charge in [-0.05, 0) is 0 Å². The minimum atomic E-state index is -0.491. The van der Waals surface area contributed by atoms with E-state index in [1.54, 1.807) is 29.4 Å². The first-order valence-corrected chi connectivity index (χ1v) is 4.60. The zero-order valence-corrected chi connectivity index (χ0v) is 8.34. The second-order valence-electron chi connectivity index (χ2n) is 3.34. The molecule has 5 heteroatoms. The Bertz CT molecular complexity index is 514. The predicted molar refractivity (Wildman–Crippen MR) is 56.3 cm³/mol. The molecule has 3 N–H and O–H groups in total. The maximum Gasteiger partial charge on any atom is 0.186 e. The number of aromatic nitrogens is 3. The average molecular weight is 204 g/mol. The van der Waals surface area contributed by atoms with E-state index in [2.05, 4.69) is 9.97 Å². The van der Waals surface area contributed by atoms with Crippen LogP contribution in [0.5, 0.6) is 0 Å². The first kappa shape index (κ1) is 9.67. The van der Waals surface area contributed by atoms with Crippen LogP contribution in [0.3, 0.4) is 0 Å². The van der Waals surface area contributed by atoms with Crippen LogP contribution in [0.2, 0.25) is 0 Å². The number of nitrogens with zero attached hydrogens (tertiary/aromatic N) is 2. The van der Waals surface area contributed by atoms with Crippen molar-refractivity contribution >= 4 is 0 Å². The number of nitrogens with one attached hydrogen (secondary N) is 1. The molecule has 2 aromatic heterocycles. The smallest absolute Gasteiger partial charge is 0.186 e. The van der Waals surface area contributed by atoms with Crippen molar-refractivity contribution in [2.24, 2.45) is 12.8 Å². The fraction of sp³-hybridized carbons (Fsp3) is 0.200. The Hall–Kier alpha value is -1.88. The van der Waals surface area contributed by atoms with Crippen LogP contribution in [0.25, 0.3) is 0 Å². The van der Waals surface area contributed by atoms with Gasteiger partial charge < -0.3 is 15.3 Å². The van der Waals surface area contributed by atoms with Gasteiger partial charge in [0.2, 0.25) is 0 Å². The van der Waals surface area contributed by atoms with Gasteiger partial charge in [0.05, 0.1) is 6.04 Å². The van der Waals surface area contributed by atoms with Crippen LogP contribution in [-0.4, -0.2) is 14.5 Å². The monoisotopic (exact) mass is 204 g/mol. The first-order chi connectivity index (χ1) is 7.20. The van der Waals surface area contributed by atoms with Gasteiger partial charge in [0.1, 0.15) is 5.82 Å². The van der Waals surface area contributed by atoms with Crippen molar-refractivity contribution in [2.45, 2.75) is 6.04 Å². The second-order valence-corrected chi connectivity index (χ2v) is 3.34. The fourth-order valence-electron chi connectivity index (χ4n) is 1.49. The molecule has 1 unspecified atom stereocenters. The molecule has 2 rings (SSSR count). The van der Waals surface area contributed by atoms with Gasteiger partial charge in [-0.2, -0.15) is 0 Å². The van der Waals surface area contributed by atoms with E-state index in [0.29, 0.717) is 11.4 Å². The highest BCUT2D eigenvalue weighted by Crippen LogP contribution is 2.12. The Morgan fingerprint density at radius 1 is 1.60 bits per heavy atom. The van der Waals surface area contributed by atoms with Crippen LogP contribution >= 0.6 is 0 Å². The zero-order chi connectivity index (χ0) is 10.8. The molecule has 2 heterocycles. The predicted octanol–water partition coefficient (Wildman–Crippen LogP) is 0.156. The van der Waals surface area contributed by atoms with Crippen molar-refractivity contribution in [1.82, 2.24) is 14.5 Å². The van der Waals surface area contributed by atoms with Crippen molar-refractivity contribution in [1.29, 1.82) is 0 Å². The molecule has 2 aromatic rings. The molecule has 0 bridgehead atoms. The molecule has 1 atom stereocenters. The van der Waals surface area contributed by atoms with Crippen LogP contribution in [0.4, 0.5) is 0 Å². The fourth-order valence-corrected chi connectivity index (χ4v) is 1.49. The summed E-state index contributed by atoms with van der Waals surface area (Å²) >= 11 is 0. The van der Waals surface area contributed by atoms with Crippen LogP contribution < -0.4 is 11.2 Å². The molecule has 0 fully saturated rings. The van der Waals surface area contributed by atoms with Gasteiger partial charge in [-0.25, -0.2) is 4.98 Å². The van der Waals surface area contributed by atoms with Gasteiger partial charge in [-0.15, -0.1) is 0 Å². The normalized spacial score (nSPS) is 12.7. The van der Waals surface area contributed by atoms with Gasteiger partial charge in [-0.1, -0.05) is 0 Å². The van der Waals surface area contributed by atoms with Crippen molar-refractivity contribution in [3.05, 3.63) is 52.5 Å². The Balaban J connectivity index is 2.46. The van der Waals surface area contributed by atoms with E-state index in [0.717, 1.165) is 0 Å². The summed E-state index contributed by atoms with van der Waals surface area (Å²) in [5.74, 6) is 0.673. The summed E-state index contributed by atoms with van der Waals surface area (Å²) < 4.78 is 1.80. The minimum absolute atomic E-state index is 0.0794. The van der Waals surface area contributed by atoms with Crippen LogP contribution in [-0.2, 0) is 7.05 Å². The number of H-pyrrole nitrogens is 1. The van der Waals surface area contributed by atoms with Gasteiger partial charge in [0.25, 0.3) is 0 Å². The molecule has 0 aliphatic carbocycles. The minimum Gasteiger partial charge on any atom is -0.367 e. The molecule has 0 aliphatic rings. The number of nitrogens with two attached hydrogens (primary N) is 1. The zero-order valence-electron chi connectivity index (χ0n) is 8.34. The van der Waals surface area contributed by atoms with E-state index in [-0.39, 0.29) is 5.43 Å². The molecular formula is C10H12N4O. The summed E-state index contributed by atoms with van der Waals surface area (Å²) in [5, 5.41) is 0. The molecular weight excluding hydrogens is 192 g/mol. The molecule has 15 heavy (non-hydrogen) atoms. The van der Waals surface area contributed by atoms with E-state index in [1.165, 1.54) is 6.07 Å². The van der Waals surface area contributed by atoms with Crippen LogP contribution in [0.15, 0.2) is 35.6 Å². The van der Waals surface area contributed by atoms with Crippen molar-refractivity contribution in [3.63, 3.8) is 0 Å². The summed E-state index contributed by atoms with van der Waals surface area (Å²) in [5.41, 5.74) is 6.40. The Kier molecular flexibility index (Phi) is 2.39. The van der Waals surface area contributed by atoms with E-state index < -0.39 is 6.04 Å². The first-order valence-electron chi connectivity index (χ1n) is 4.60. The van der Waals surface area contributed by atoms with E-state index in [9.17, 15) is 4.79 Å². The quantitative estimate of drug-likeness (QED) is 0.731. The lowest BCUT2D eigenvalue weighted by Crippen LogP contribution is -2.23. The topological polar surface area (TPSA) is 76.7 Å². The third kappa shape index (κ3) is 1.69. The Labute approximate surface area is 86.6 Å². The number of hydrogen-bond acceptors (Lipinski definition) is 3. The van der Waals surface area contributed by atoms with E-state index >= 15 is 0 Å². The lowest BCUT2D eigenvalue weighted by atomic mass is 10.1. The molecule has 0 saturated heterocycles. The Morgan fingerprint density at radius 2 is 2.40 bits per heavy atom. The standard InChI is InChI=1S/C10H12N4O/c1-14-5-4-13-10(14)9(11)7-6-12-3-2-8(7)15/h2-6,9H,11H2,1H3,(H,12,15).